The average molecular weight is 146 g/mol. The Morgan fingerprint density at radius 1 is 0.500 bits per heavy atom. The Balaban J connectivity index is -0.000000114. The fourth-order valence-corrected chi connectivity index (χ4v) is 1.06. The molecule has 0 heterocycles. The molecule has 1 rings (SSSR count). The van der Waals surface area contributed by atoms with Crippen molar-refractivity contribution in [2.24, 2.45) is 0 Å². The Hall–Kier alpha value is -0.340. The molecule has 2 nitrogen and oxygen atoms in total. The first-order valence-electron chi connectivity index (χ1n) is 3.50. The highest BCUT2D eigenvalue weighted by Crippen LogP contribution is 2.15. The molecule has 0 amide bonds. The molecule has 1 aliphatic carbocycles. The van der Waals surface area contributed by atoms with Gasteiger partial charge in [0.2, 0.25) is 0 Å². The van der Waals surface area contributed by atoms with Gasteiger partial charge in [-0.2, -0.15) is 0 Å². The maximum atomic E-state index is 3.00. The van der Waals surface area contributed by atoms with E-state index in [2.05, 4.69) is 13.2 Å². The molecule has 6 N–H and O–H groups in total. The second-order valence-electron chi connectivity index (χ2n) is 2.12. The zero-order chi connectivity index (χ0) is 6.24. The summed E-state index contributed by atoms with van der Waals surface area (Å²) in [6, 6.07) is 0. The molecule has 1 aliphatic rings. The van der Waals surface area contributed by atoms with Crippen LogP contribution in [0, 0.1) is 0 Å². The Kier molecular flexibility index (Phi) is 25.9. The molecule has 1 saturated carbocycles. The van der Waals surface area contributed by atoms with Gasteiger partial charge in [0.15, 0.2) is 0 Å². The molecule has 0 aromatic rings. The van der Waals surface area contributed by atoms with Crippen LogP contribution >= 0.6 is 0 Å². The molecule has 10 heavy (non-hydrogen) atoms. The van der Waals surface area contributed by atoms with Crippen molar-refractivity contribution < 1.29 is 0 Å². The standard InChI is InChI=1S/C6H12.C2H4.2H3N/c1-2-4-6-5-3-1;1-2;;/h1-6H2;1-2H2;2*1H3. The maximum absolute atomic E-state index is 3.00. The van der Waals surface area contributed by atoms with Crippen LogP contribution in [-0.2, 0) is 0 Å². The Labute approximate surface area is 64.9 Å². The quantitative estimate of drug-likeness (QED) is 0.514. The molecule has 2 heteroatoms. The van der Waals surface area contributed by atoms with Crippen LogP contribution in [0.1, 0.15) is 38.5 Å². The highest BCUT2D eigenvalue weighted by atomic mass is 14.0. The van der Waals surface area contributed by atoms with Gasteiger partial charge in [-0.15, -0.1) is 13.2 Å². The molecule has 0 aliphatic heterocycles. The van der Waals surface area contributed by atoms with E-state index in [-0.39, 0.29) is 12.3 Å². The van der Waals surface area contributed by atoms with Gasteiger partial charge in [-0.3, -0.25) is 0 Å². The van der Waals surface area contributed by atoms with Crippen molar-refractivity contribution in [1.82, 2.24) is 12.3 Å². The van der Waals surface area contributed by atoms with Crippen molar-refractivity contribution in [1.29, 1.82) is 0 Å². The normalized spacial score (nSPS) is 14.8. The summed E-state index contributed by atoms with van der Waals surface area (Å²) in [4.78, 5) is 0. The van der Waals surface area contributed by atoms with Crippen LogP contribution in [0.15, 0.2) is 13.2 Å². The number of hydrogen-bond acceptors (Lipinski definition) is 2. The van der Waals surface area contributed by atoms with E-state index in [9.17, 15) is 0 Å². The molecule has 0 aromatic carbocycles. The summed E-state index contributed by atoms with van der Waals surface area (Å²) < 4.78 is 0. The molecule has 0 atom stereocenters. The van der Waals surface area contributed by atoms with Crippen LogP contribution < -0.4 is 12.3 Å². The van der Waals surface area contributed by atoms with Crippen LogP contribution in [0.25, 0.3) is 0 Å². The number of hydrogen-bond donors (Lipinski definition) is 2. The number of rotatable bonds is 0. The van der Waals surface area contributed by atoms with Crippen molar-refractivity contribution in [2.75, 3.05) is 0 Å². The lowest BCUT2D eigenvalue weighted by Gasteiger charge is -2.05. The van der Waals surface area contributed by atoms with Crippen molar-refractivity contribution in [3.8, 4) is 0 Å². The molecule has 0 aromatic heterocycles. The van der Waals surface area contributed by atoms with E-state index < -0.39 is 0 Å². The lowest BCUT2D eigenvalue weighted by Crippen LogP contribution is -1.85. The van der Waals surface area contributed by atoms with Crippen LogP contribution in [-0.4, -0.2) is 0 Å². The first-order chi connectivity index (χ1) is 4.00. The summed E-state index contributed by atoms with van der Waals surface area (Å²) in [6.07, 6.45) is 9.00. The van der Waals surface area contributed by atoms with E-state index in [1.165, 1.54) is 38.5 Å². The van der Waals surface area contributed by atoms with Crippen molar-refractivity contribution in [2.45, 2.75) is 38.5 Å². The van der Waals surface area contributed by atoms with E-state index in [0.717, 1.165) is 0 Å². The van der Waals surface area contributed by atoms with Gasteiger partial charge in [-0.25, -0.2) is 0 Å². The lowest BCUT2D eigenvalue weighted by molar-refractivity contribution is 0.504. The summed E-state index contributed by atoms with van der Waals surface area (Å²) in [5, 5.41) is 0. The molecule has 64 valence electrons. The molecular weight excluding hydrogens is 124 g/mol. The second-order valence-corrected chi connectivity index (χ2v) is 2.12. The first-order valence-corrected chi connectivity index (χ1v) is 3.50. The minimum Gasteiger partial charge on any atom is -0.344 e. The highest BCUT2D eigenvalue weighted by Gasteiger charge is 1.95. The molecule has 0 saturated heterocycles. The molecule has 0 radical (unpaired) electrons. The highest BCUT2D eigenvalue weighted by molar-refractivity contribution is 4.51. The summed E-state index contributed by atoms with van der Waals surface area (Å²) in [7, 11) is 0. The molecule has 1 fully saturated rings. The van der Waals surface area contributed by atoms with E-state index in [1.807, 2.05) is 0 Å². The third kappa shape index (κ3) is 10.6. The van der Waals surface area contributed by atoms with Gasteiger partial charge in [0.05, 0.1) is 0 Å². The maximum Gasteiger partial charge on any atom is -0.0533 e. The summed E-state index contributed by atoms with van der Waals surface area (Å²) in [6.45, 7) is 6.00. The van der Waals surface area contributed by atoms with Crippen molar-refractivity contribution in [3.05, 3.63) is 13.2 Å². The first kappa shape index (κ1) is 16.3. The Bertz CT molecular complexity index is 31.0. The topological polar surface area (TPSA) is 70.0 Å². The Morgan fingerprint density at radius 2 is 0.600 bits per heavy atom. The van der Waals surface area contributed by atoms with Gasteiger partial charge < -0.3 is 12.3 Å². The van der Waals surface area contributed by atoms with Crippen LogP contribution in [0.4, 0.5) is 0 Å². The summed E-state index contributed by atoms with van der Waals surface area (Å²) >= 11 is 0. The Morgan fingerprint density at radius 3 is 0.700 bits per heavy atom. The summed E-state index contributed by atoms with van der Waals surface area (Å²) in [5.74, 6) is 0. The van der Waals surface area contributed by atoms with Crippen LogP contribution in [0.5, 0.6) is 0 Å². The van der Waals surface area contributed by atoms with Crippen LogP contribution in [0.2, 0.25) is 0 Å². The third-order valence-electron chi connectivity index (χ3n) is 1.50. The minimum absolute atomic E-state index is 0. The van der Waals surface area contributed by atoms with Crippen molar-refractivity contribution >= 4 is 0 Å². The fraction of sp³-hybridized carbons (Fsp3) is 0.750. The van der Waals surface area contributed by atoms with Crippen LogP contribution in [0.3, 0.4) is 0 Å². The second kappa shape index (κ2) is 15.9. The van der Waals surface area contributed by atoms with E-state index in [4.69, 9.17) is 0 Å². The van der Waals surface area contributed by atoms with Gasteiger partial charge in [0.25, 0.3) is 0 Å². The molecule has 0 unspecified atom stereocenters. The lowest BCUT2D eigenvalue weighted by atomic mass is 10.0. The van der Waals surface area contributed by atoms with Gasteiger partial charge >= 0.3 is 0 Å². The molecule has 0 spiro atoms. The zero-order valence-electron chi connectivity index (χ0n) is 7.07. The minimum atomic E-state index is 0. The predicted octanol–water partition coefficient (Wildman–Crippen LogP) is 3.47. The average Bonchev–Trinajstić information content (AvgIpc) is 1.96. The van der Waals surface area contributed by atoms with E-state index in [1.54, 1.807) is 0 Å². The summed E-state index contributed by atoms with van der Waals surface area (Å²) in [5.41, 5.74) is 0. The molecular formula is C8H22N2. The monoisotopic (exact) mass is 146 g/mol. The fourth-order valence-electron chi connectivity index (χ4n) is 1.06. The smallest absolute Gasteiger partial charge is 0.0533 e. The van der Waals surface area contributed by atoms with Gasteiger partial charge in [-0.05, 0) is 0 Å². The zero-order valence-corrected chi connectivity index (χ0v) is 7.07. The van der Waals surface area contributed by atoms with Crippen molar-refractivity contribution in [3.63, 3.8) is 0 Å². The van der Waals surface area contributed by atoms with E-state index in [0.29, 0.717) is 0 Å². The predicted molar refractivity (Wildman–Crippen MR) is 49.0 cm³/mol. The van der Waals surface area contributed by atoms with Gasteiger partial charge in [-0.1, -0.05) is 38.5 Å². The van der Waals surface area contributed by atoms with E-state index >= 15 is 0 Å². The third-order valence-corrected chi connectivity index (χ3v) is 1.50. The SMILES string of the molecule is C1CCCCC1.C=C.N.N. The van der Waals surface area contributed by atoms with Gasteiger partial charge in [0.1, 0.15) is 0 Å². The largest absolute Gasteiger partial charge is 0.344 e. The van der Waals surface area contributed by atoms with Gasteiger partial charge in [0, 0.05) is 0 Å². The molecule has 0 bridgehead atoms.